The number of nitrogens with one attached hydrogen (secondary N) is 1. The highest BCUT2D eigenvalue weighted by molar-refractivity contribution is 6.00. The molecule has 1 saturated carbocycles. The Morgan fingerprint density at radius 2 is 1.92 bits per heavy atom. The fourth-order valence-electron chi connectivity index (χ4n) is 4.28. The minimum absolute atomic E-state index is 0.108. The van der Waals surface area contributed by atoms with E-state index in [0.717, 1.165) is 30.4 Å². The average Bonchev–Trinajstić information content (AvgIpc) is 2.67. The minimum atomic E-state index is -1.66. The maximum Gasteiger partial charge on any atom is 0.189 e. The number of para-hydroxylation sites is 1. The monoisotopic (exact) mass is 330 g/mol. The molecule has 3 atom stereocenters. The Morgan fingerprint density at radius 1 is 1.20 bits per heavy atom. The fourth-order valence-corrected chi connectivity index (χ4v) is 4.28. The van der Waals surface area contributed by atoms with Crippen molar-refractivity contribution in [2.24, 2.45) is 17.3 Å². The number of hydrogen-bond donors (Lipinski definition) is 1. The zero-order valence-corrected chi connectivity index (χ0v) is 14.0. The summed E-state index contributed by atoms with van der Waals surface area (Å²) in [4.78, 5) is 0. The molecule has 1 aromatic carbocycles. The fraction of sp³-hybridized carbons (Fsp3) is 0.400. The number of allylic oxidation sites excluding steroid dienone is 2. The van der Waals surface area contributed by atoms with Crippen molar-refractivity contribution >= 4 is 5.71 Å². The van der Waals surface area contributed by atoms with E-state index < -0.39 is 17.3 Å². The second kappa shape index (κ2) is 6.42. The summed E-state index contributed by atoms with van der Waals surface area (Å²) in [5, 5.41) is 38.0. The van der Waals surface area contributed by atoms with Crippen LogP contribution in [0.1, 0.15) is 30.7 Å². The van der Waals surface area contributed by atoms with E-state index in [1.54, 1.807) is 13.2 Å². The van der Waals surface area contributed by atoms with Crippen LogP contribution in [0.2, 0.25) is 0 Å². The van der Waals surface area contributed by atoms with Gasteiger partial charge in [0.25, 0.3) is 0 Å². The van der Waals surface area contributed by atoms with Crippen molar-refractivity contribution in [1.82, 2.24) is 0 Å². The molecule has 5 heteroatoms. The zero-order valence-electron chi connectivity index (χ0n) is 14.0. The first-order valence-corrected chi connectivity index (χ1v) is 8.28. The molecule has 0 radical (unpaired) electrons. The topological polar surface area (TPSA) is 104 Å². The Morgan fingerprint density at radius 3 is 2.56 bits per heavy atom. The highest BCUT2D eigenvalue weighted by atomic mass is 16.5. The standard InChI is InChI=1S/C20H18N4O/c1-25-17-9-5-4-8-15(17)18-14-7-3-2-6-13(14)16(10-21)19(24)20(18,11-22)12-23/h4-6,8-9,14,16,18,24H,2-3,7H2,1H3/t14-,16+,18-/m0/s1. The maximum atomic E-state index is 9.93. The number of nitriles is 3. The summed E-state index contributed by atoms with van der Waals surface area (Å²) >= 11 is 0. The van der Waals surface area contributed by atoms with Gasteiger partial charge in [-0.2, -0.15) is 15.8 Å². The minimum Gasteiger partial charge on any atom is -0.496 e. The molecule has 3 rings (SSSR count). The lowest BCUT2D eigenvalue weighted by Gasteiger charge is -2.46. The van der Waals surface area contributed by atoms with Crippen LogP contribution in [0.4, 0.5) is 0 Å². The second-order valence-electron chi connectivity index (χ2n) is 6.47. The molecule has 124 valence electrons. The SMILES string of the molecule is COc1ccccc1[C@@H]1[C@H]2CCCC=C2[C@@H](C#N)C(=N)C1(C#N)C#N. The molecule has 0 amide bonds. The number of rotatable bonds is 2. The van der Waals surface area contributed by atoms with Crippen LogP contribution < -0.4 is 4.74 Å². The first-order valence-electron chi connectivity index (χ1n) is 8.28. The highest BCUT2D eigenvalue weighted by Crippen LogP contribution is 2.56. The molecule has 1 aromatic rings. The van der Waals surface area contributed by atoms with E-state index in [1.807, 2.05) is 24.3 Å². The molecular weight excluding hydrogens is 312 g/mol. The van der Waals surface area contributed by atoms with Crippen molar-refractivity contribution in [1.29, 1.82) is 21.2 Å². The first-order chi connectivity index (χ1) is 12.1. The molecule has 0 spiro atoms. The van der Waals surface area contributed by atoms with Gasteiger partial charge in [-0.05, 0) is 36.8 Å². The summed E-state index contributed by atoms with van der Waals surface area (Å²) in [6.07, 6.45) is 4.63. The van der Waals surface area contributed by atoms with Gasteiger partial charge in [0.05, 0.1) is 31.0 Å². The number of ether oxygens (including phenoxy) is 1. The summed E-state index contributed by atoms with van der Waals surface area (Å²) < 4.78 is 5.48. The molecule has 2 aliphatic rings. The van der Waals surface area contributed by atoms with Crippen LogP contribution >= 0.6 is 0 Å². The lowest BCUT2D eigenvalue weighted by Crippen LogP contribution is -2.48. The van der Waals surface area contributed by atoms with E-state index in [1.165, 1.54) is 0 Å². The largest absolute Gasteiger partial charge is 0.496 e. The van der Waals surface area contributed by atoms with Gasteiger partial charge in [0.2, 0.25) is 0 Å². The quantitative estimate of drug-likeness (QED) is 0.834. The van der Waals surface area contributed by atoms with Crippen LogP contribution in [0.15, 0.2) is 35.9 Å². The molecule has 1 N–H and O–H groups in total. The highest BCUT2D eigenvalue weighted by Gasteiger charge is 2.57. The predicted octanol–water partition coefficient (Wildman–Crippen LogP) is 3.71. The van der Waals surface area contributed by atoms with Crippen LogP contribution in [0.25, 0.3) is 0 Å². The molecular formula is C20H18N4O. The Labute approximate surface area is 147 Å². The maximum absolute atomic E-state index is 9.93. The van der Waals surface area contributed by atoms with Crippen molar-refractivity contribution in [3.63, 3.8) is 0 Å². The van der Waals surface area contributed by atoms with Gasteiger partial charge in [0.15, 0.2) is 5.41 Å². The molecule has 5 nitrogen and oxygen atoms in total. The second-order valence-corrected chi connectivity index (χ2v) is 6.47. The van der Waals surface area contributed by atoms with Crippen LogP contribution in [0.5, 0.6) is 5.75 Å². The third-order valence-electron chi connectivity index (χ3n) is 5.40. The van der Waals surface area contributed by atoms with E-state index in [0.29, 0.717) is 5.75 Å². The van der Waals surface area contributed by atoms with Crippen molar-refractivity contribution in [3.05, 3.63) is 41.5 Å². The summed E-state index contributed by atoms with van der Waals surface area (Å²) in [5.74, 6) is -0.809. The molecule has 0 aliphatic heterocycles. The summed E-state index contributed by atoms with van der Waals surface area (Å²) in [6.45, 7) is 0. The van der Waals surface area contributed by atoms with Crippen LogP contribution in [0.3, 0.4) is 0 Å². The van der Waals surface area contributed by atoms with Gasteiger partial charge in [-0.3, -0.25) is 0 Å². The van der Waals surface area contributed by atoms with Crippen molar-refractivity contribution in [3.8, 4) is 24.0 Å². The first kappa shape index (κ1) is 16.7. The molecule has 0 aromatic heterocycles. The Hall–Kier alpha value is -3.10. The van der Waals surface area contributed by atoms with Gasteiger partial charge >= 0.3 is 0 Å². The Bertz CT molecular complexity index is 851. The molecule has 0 unspecified atom stereocenters. The van der Waals surface area contributed by atoms with Crippen LogP contribution in [-0.2, 0) is 0 Å². The Kier molecular flexibility index (Phi) is 4.30. The van der Waals surface area contributed by atoms with Crippen LogP contribution in [0, 0.1) is 56.7 Å². The summed E-state index contributed by atoms with van der Waals surface area (Å²) in [6, 6.07) is 13.7. The van der Waals surface area contributed by atoms with E-state index in [4.69, 9.17) is 10.1 Å². The van der Waals surface area contributed by atoms with Crippen molar-refractivity contribution in [2.45, 2.75) is 25.2 Å². The van der Waals surface area contributed by atoms with Gasteiger partial charge in [0.1, 0.15) is 11.7 Å². The molecule has 0 saturated heterocycles. The number of hydrogen-bond acceptors (Lipinski definition) is 5. The number of nitrogens with zero attached hydrogens (tertiary/aromatic N) is 3. The van der Waals surface area contributed by atoms with E-state index >= 15 is 0 Å². The van der Waals surface area contributed by atoms with E-state index in [2.05, 4.69) is 18.2 Å². The number of methoxy groups -OCH3 is 1. The molecule has 0 bridgehead atoms. The normalized spacial score (nSPS) is 27.0. The van der Waals surface area contributed by atoms with E-state index in [9.17, 15) is 15.8 Å². The van der Waals surface area contributed by atoms with Crippen molar-refractivity contribution < 1.29 is 4.74 Å². The lowest BCUT2D eigenvalue weighted by molar-refractivity contribution is 0.308. The Balaban J connectivity index is 2.30. The molecule has 25 heavy (non-hydrogen) atoms. The van der Waals surface area contributed by atoms with Gasteiger partial charge in [-0.25, -0.2) is 0 Å². The smallest absolute Gasteiger partial charge is 0.189 e. The molecule has 1 fully saturated rings. The zero-order chi connectivity index (χ0) is 18.0. The average molecular weight is 330 g/mol. The lowest BCUT2D eigenvalue weighted by atomic mass is 9.53. The van der Waals surface area contributed by atoms with Gasteiger partial charge in [-0.1, -0.05) is 24.3 Å². The predicted molar refractivity (Wildman–Crippen MR) is 91.6 cm³/mol. The molecule has 2 aliphatic carbocycles. The van der Waals surface area contributed by atoms with Crippen molar-refractivity contribution in [2.75, 3.05) is 7.11 Å². The molecule has 0 heterocycles. The summed E-state index contributed by atoms with van der Waals surface area (Å²) in [7, 11) is 1.56. The van der Waals surface area contributed by atoms with E-state index in [-0.39, 0.29) is 11.6 Å². The van der Waals surface area contributed by atoms with Gasteiger partial charge in [0, 0.05) is 11.5 Å². The third-order valence-corrected chi connectivity index (χ3v) is 5.40. The van der Waals surface area contributed by atoms with Crippen LogP contribution in [-0.4, -0.2) is 12.8 Å². The van der Waals surface area contributed by atoms with Gasteiger partial charge < -0.3 is 10.1 Å². The number of benzene rings is 1. The van der Waals surface area contributed by atoms with Gasteiger partial charge in [-0.15, -0.1) is 0 Å². The number of fused-ring (bicyclic) bond motifs is 1. The third kappa shape index (κ3) is 2.31. The summed E-state index contributed by atoms with van der Waals surface area (Å²) in [5.41, 5.74) is -0.128.